The minimum absolute atomic E-state index is 0.00167. The lowest BCUT2D eigenvalue weighted by Crippen LogP contribution is -2.31. The van der Waals surface area contributed by atoms with Gasteiger partial charge in [-0.25, -0.2) is 14.6 Å². The molecule has 0 saturated carbocycles. The average molecular weight is 254 g/mol. The molecule has 2 heterocycles. The van der Waals surface area contributed by atoms with E-state index in [0.717, 1.165) is 4.57 Å². The number of carbonyl (C=O) groups is 1. The Bertz CT molecular complexity index is 710. The van der Waals surface area contributed by atoms with Crippen LogP contribution in [0.4, 0.5) is 0 Å². The standard InChI is InChI=1S/C9H10N4O5/c1-18-3-2-13-6-4(7(14)12-9(13)17)10-5(11-6)8(15)16/h2-3H2,1H3,(H,10,11)(H,15,16)(H,12,14,17). The number of methoxy groups -OCH3 is 1. The molecular formula is C9H10N4O5. The molecule has 3 N–H and O–H groups in total. The highest BCUT2D eigenvalue weighted by Gasteiger charge is 2.16. The van der Waals surface area contributed by atoms with E-state index in [1.54, 1.807) is 0 Å². The summed E-state index contributed by atoms with van der Waals surface area (Å²) in [5.74, 6) is -1.70. The van der Waals surface area contributed by atoms with Gasteiger partial charge in [0, 0.05) is 7.11 Å². The van der Waals surface area contributed by atoms with Crippen LogP contribution in [0.5, 0.6) is 0 Å². The fraction of sp³-hybridized carbons (Fsp3) is 0.333. The van der Waals surface area contributed by atoms with Gasteiger partial charge in [0.1, 0.15) is 5.52 Å². The molecule has 2 aromatic rings. The van der Waals surface area contributed by atoms with E-state index in [0.29, 0.717) is 0 Å². The summed E-state index contributed by atoms with van der Waals surface area (Å²) in [6.45, 7) is 0.392. The van der Waals surface area contributed by atoms with Crippen molar-refractivity contribution in [2.24, 2.45) is 0 Å². The third kappa shape index (κ3) is 1.91. The van der Waals surface area contributed by atoms with Gasteiger partial charge >= 0.3 is 11.7 Å². The van der Waals surface area contributed by atoms with Crippen LogP contribution in [0.25, 0.3) is 11.2 Å². The first-order chi connectivity index (χ1) is 8.54. The van der Waals surface area contributed by atoms with Crippen molar-refractivity contribution in [1.82, 2.24) is 19.5 Å². The average Bonchev–Trinajstić information content (AvgIpc) is 2.74. The molecule has 0 fully saturated rings. The van der Waals surface area contributed by atoms with Gasteiger partial charge in [0.15, 0.2) is 5.65 Å². The first-order valence-electron chi connectivity index (χ1n) is 4.99. The summed E-state index contributed by atoms with van der Waals surface area (Å²) in [6.07, 6.45) is 0. The number of fused-ring (bicyclic) bond motifs is 1. The van der Waals surface area contributed by atoms with Gasteiger partial charge in [0.2, 0.25) is 5.82 Å². The molecule has 0 aliphatic heterocycles. The van der Waals surface area contributed by atoms with Crippen molar-refractivity contribution >= 4 is 17.1 Å². The minimum atomic E-state index is -1.31. The molecule has 2 aromatic heterocycles. The van der Waals surface area contributed by atoms with Gasteiger partial charge in [-0.1, -0.05) is 0 Å². The van der Waals surface area contributed by atoms with E-state index in [1.165, 1.54) is 7.11 Å². The molecule has 0 unspecified atom stereocenters. The van der Waals surface area contributed by atoms with Gasteiger partial charge < -0.3 is 14.8 Å². The van der Waals surface area contributed by atoms with Gasteiger partial charge in [-0.05, 0) is 0 Å². The molecule has 0 amide bonds. The third-order valence-electron chi connectivity index (χ3n) is 2.35. The van der Waals surface area contributed by atoms with Gasteiger partial charge in [-0.15, -0.1) is 0 Å². The van der Waals surface area contributed by atoms with E-state index >= 15 is 0 Å². The van der Waals surface area contributed by atoms with E-state index in [-0.39, 0.29) is 24.3 Å². The number of aromatic nitrogens is 4. The first-order valence-corrected chi connectivity index (χ1v) is 4.99. The number of rotatable bonds is 4. The van der Waals surface area contributed by atoms with Gasteiger partial charge in [0.25, 0.3) is 5.56 Å². The molecule has 0 aromatic carbocycles. The molecule has 9 nitrogen and oxygen atoms in total. The second kappa shape index (κ2) is 4.45. The highest BCUT2D eigenvalue weighted by molar-refractivity contribution is 5.87. The van der Waals surface area contributed by atoms with Crippen LogP contribution >= 0.6 is 0 Å². The lowest BCUT2D eigenvalue weighted by atomic mass is 10.5. The van der Waals surface area contributed by atoms with E-state index in [9.17, 15) is 14.4 Å². The SMILES string of the molecule is COCCn1c(=O)[nH]c(=O)c2[nH]c(C(=O)O)nc21. The summed E-state index contributed by atoms with van der Waals surface area (Å²) < 4.78 is 5.97. The zero-order chi connectivity index (χ0) is 13.3. The highest BCUT2D eigenvalue weighted by Crippen LogP contribution is 2.04. The Balaban J connectivity index is 2.72. The Labute approximate surface area is 99.0 Å². The van der Waals surface area contributed by atoms with Crippen molar-refractivity contribution in [1.29, 1.82) is 0 Å². The summed E-state index contributed by atoms with van der Waals surface area (Å²) in [4.78, 5) is 42.0. The van der Waals surface area contributed by atoms with Crippen LogP contribution < -0.4 is 11.2 Å². The van der Waals surface area contributed by atoms with Crippen molar-refractivity contribution in [2.45, 2.75) is 6.54 Å². The number of hydrogen-bond donors (Lipinski definition) is 3. The number of nitrogens with zero attached hydrogens (tertiary/aromatic N) is 2. The number of H-pyrrole nitrogens is 2. The zero-order valence-electron chi connectivity index (χ0n) is 9.39. The van der Waals surface area contributed by atoms with Crippen LogP contribution in [0, 0.1) is 0 Å². The Hall–Kier alpha value is -2.42. The summed E-state index contributed by atoms with van der Waals surface area (Å²) in [5.41, 5.74) is -1.42. The Kier molecular flexibility index (Phi) is 2.98. The van der Waals surface area contributed by atoms with E-state index < -0.39 is 23.0 Å². The number of nitrogens with one attached hydrogen (secondary N) is 2. The smallest absolute Gasteiger partial charge is 0.371 e. The lowest BCUT2D eigenvalue weighted by molar-refractivity contribution is 0.0685. The molecule has 18 heavy (non-hydrogen) atoms. The second-order valence-electron chi connectivity index (χ2n) is 3.49. The fourth-order valence-corrected chi connectivity index (χ4v) is 1.53. The van der Waals surface area contributed by atoms with Crippen LogP contribution in [-0.2, 0) is 11.3 Å². The Morgan fingerprint density at radius 2 is 2.17 bits per heavy atom. The van der Waals surface area contributed by atoms with Crippen molar-refractivity contribution < 1.29 is 14.6 Å². The number of hydrogen-bond acceptors (Lipinski definition) is 5. The lowest BCUT2D eigenvalue weighted by Gasteiger charge is -2.03. The number of aromatic amines is 2. The quantitative estimate of drug-likeness (QED) is 0.625. The van der Waals surface area contributed by atoms with Crippen LogP contribution in [0.1, 0.15) is 10.6 Å². The van der Waals surface area contributed by atoms with Crippen LogP contribution in [0.3, 0.4) is 0 Å². The fourth-order valence-electron chi connectivity index (χ4n) is 1.53. The monoisotopic (exact) mass is 254 g/mol. The maximum absolute atomic E-state index is 11.6. The topological polar surface area (TPSA) is 130 Å². The molecule has 96 valence electrons. The zero-order valence-corrected chi connectivity index (χ0v) is 9.39. The number of ether oxygens (including phenoxy) is 1. The van der Waals surface area contributed by atoms with Crippen molar-refractivity contribution in [3.63, 3.8) is 0 Å². The van der Waals surface area contributed by atoms with Gasteiger partial charge in [-0.2, -0.15) is 0 Å². The van der Waals surface area contributed by atoms with Crippen LogP contribution in [-0.4, -0.2) is 44.3 Å². The van der Waals surface area contributed by atoms with Crippen molar-refractivity contribution in [3.05, 3.63) is 26.7 Å². The molecular weight excluding hydrogens is 244 g/mol. The normalized spacial score (nSPS) is 10.9. The maximum atomic E-state index is 11.6. The minimum Gasteiger partial charge on any atom is -0.475 e. The van der Waals surface area contributed by atoms with Crippen molar-refractivity contribution in [2.75, 3.05) is 13.7 Å². The second-order valence-corrected chi connectivity index (χ2v) is 3.49. The first kappa shape index (κ1) is 12.0. The summed E-state index contributed by atoms with van der Waals surface area (Å²) in [7, 11) is 1.46. The molecule has 0 bridgehead atoms. The number of carboxylic acid groups (broad SMARTS) is 1. The Morgan fingerprint density at radius 3 is 2.78 bits per heavy atom. The van der Waals surface area contributed by atoms with Gasteiger partial charge in [-0.3, -0.25) is 14.3 Å². The molecule has 0 radical (unpaired) electrons. The number of carboxylic acids is 1. The largest absolute Gasteiger partial charge is 0.475 e. The van der Waals surface area contributed by atoms with Gasteiger partial charge in [0.05, 0.1) is 13.2 Å². The molecule has 0 saturated heterocycles. The predicted molar refractivity (Wildman–Crippen MR) is 59.8 cm³/mol. The Morgan fingerprint density at radius 1 is 1.44 bits per heavy atom. The summed E-state index contributed by atoms with van der Waals surface area (Å²) >= 11 is 0. The number of aromatic carboxylic acids is 1. The van der Waals surface area contributed by atoms with E-state index in [1.807, 2.05) is 0 Å². The summed E-state index contributed by atoms with van der Waals surface area (Å²) in [5, 5.41) is 8.79. The van der Waals surface area contributed by atoms with Crippen LogP contribution in [0.15, 0.2) is 9.59 Å². The van der Waals surface area contributed by atoms with Crippen LogP contribution in [0.2, 0.25) is 0 Å². The summed E-state index contributed by atoms with van der Waals surface area (Å²) in [6, 6.07) is 0. The van der Waals surface area contributed by atoms with Crippen molar-refractivity contribution in [3.8, 4) is 0 Å². The number of imidazole rings is 1. The molecule has 0 spiro atoms. The predicted octanol–water partition coefficient (Wildman–Crippen LogP) is -1.24. The third-order valence-corrected chi connectivity index (χ3v) is 2.35. The van der Waals surface area contributed by atoms with E-state index in [4.69, 9.17) is 9.84 Å². The molecule has 0 aliphatic carbocycles. The molecule has 0 aliphatic rings. The maximum Gasteiger partial charge on any atom is 0.371 e. The molecule has 2 rings (SSSR count). The molecule has 9 heteroatoms. The van der Waals surface area contributed by atoms with E-state index in [2.05, 4.69) is 15.0 Å². The highest BCUT2D eigenvalue weighted by atomic mass is 16.5. The molecule has 0 atom stereocenters.